The Bertz CT molecular complexity index is 1430. The van der Waals surface area contributed by atoms with E-state index in [-0.39, 0.29) is 34.6 Å². The largest absolute Gasteiger partial charge is 0.488 e. The molecule has 5 rings (SSSR count). The molecule has 184 valence electrons. The number of hydrogen-bond donors (Lipinski definition) is 1. The van der Waals surface area contributed by atoms with E-state index in [4.69, 9.17) is 4.74 Å². The van der Waals surface area contributed by atoms with E-state index >= 15 is 0 Å². The Morgan fingerprint density at radius 2 is 1.67 bits per heavy atom. The minimum Gasteiger partial charge on any atom is -0.488 e. The van der Waals surface area contributed by atoms with Crippen molar-refractivity contribution in [3.8, 4) is 17.0 Å². The summed E-state index contributed by atoms with van der Waals surface area (Å²) in [5.41, 5.74) is 0.930. The zero-order valence-electron chi connectivity index (χ0n) is 19.9. The molecule has 0 radical (unpaired) electrons. The fraction of sp³-hybridized carbons (Fsp3) is 0.241. The lowest BCUT2D eigenvalue weighted by molar-refractivity contribution is -0.137. The van der Waals surface area contributed by atoms with Crippen LogP contribution in [-0.2, 0) is 11.7 Å². The summed E-state index contributed by atoms with van der Waals surface area (Å²) in [5.74, 6) is -0.178. The number of carbonyl (C=O) groups is 1. The first kappa shape index (κ1) is 23.9. The SMILES string of the molecule is CC(C)Oc1c(-c2cccc(C(F)(F)F)c2)nc2ccccc2c1C(=O)NC1(c2ccccc2)CC1. The summed E-state index contributed by atoms with van der Waals surface area (Å²) < 4.78 is 46.6. The van der Waals surface area contributed by atoms with E-state index in [1.165, 1.54) is 6.07 Å². The Morgan fingerprint density at radius 1 is 0.972 bits per heavy atom. The van der Waals surface area contributed by atoms with E-state index in [1.807, 2.05) is 30.3 Å². The van der Waals surface area contributed by atoms with Crippen molar-refractivity contribution in [2.24, 2.45) is 0 Å². The number of benzene rings is 3. The van der Waals surface area contributed by atoms with Gasteiger partial charge in [-0.25, -0.2) is 4.98 Å². The number of para-hydroxylation sites is 1. The van der Waals surface area contributed by atoms with E-state index < -0.39 is 17.3 Å². The van der Waals surface area contributed by atoms with Gasteiger partial charge in [-0.15, -0.1) is 0 Å². The van der Waals surface area contributed by atoms with Gasteiger partial charge >= 0.3 is 6.18 Å². The quantitative estimate of drug-likeness (QED) is 0.313. The maximum absolute atomic E-state index is 13.9. The monoisotopic (exact) mass is 490 g/mol. The van der Waals surface area contributed by atoms with E-state index in [1.54, 1.807) is 44.2 Å². The third kappa shape index (κ3) is 4.53. The predicted molar refractivity (Wildman–Crippen MR) is 133 cm³/mol. The van der Waals surface area contributed by atoms with Crippen molar-refractivity contribution in [1.82, 2.24) is 10.3 Å². The van der Waals surface area contributed by atoms with E-state index in [0.29, 0.717) is 10.9 Å². The van der Waals surface area contributed by atoms with Gasteiger partial charge in [0.05, 0.1) is 28.3 Å². The number of aromatic nitrogens is 1. The normalized spacial score (nSPS) is 14.6. The van der Waals surface area contributed by atoms with Gasteiger partial charge in [-0.05, 0) is 50.5 Å². The first-order chi connectivity index (χ1) is 17.2. The fourth-order valence-electron chi connectivity index (χ4n) is 4.46. The van der Waals surface area contributed by atoms with Gasteiger partial charge in [0.15, 0.2) is 5.75 Å². The van der Waals surface area contributed by atoms with Crippen LogP contribution < -0.4 is 10.1 Å². The molecule has 1 saturated carbocycles. The Hall–Kier alpha value is -3.87. The van der Waals surface area contributed by atoms with E-state index in [9.17, 15) is 18.0 Å². The average molecular weight is 491 g/mol. The number of halogens is 3. The highest BCUT2D eigenvalue weighted by atomic mass is 19.4. The number of ether oxygens (including phenoxy) is 1. The summed E-state index contributed by atoms with van der Waals surface area (Å²) in [6.45, 7) is 3.61. The Labute approximate surface area is 207 Å². The van der Waals surface area contributed by atoms with Crippen molar-refractivity contribution in [3.63, 3.8) is 0 Å². The fourth-order valence-corrected chi connectivity index (χ4v) is 4.46. The first-order valence-corrected chi connectivity index (χ1v) is 11.8. The molecule has 3 aromatic carbocycles. The van der Waals surface area contributed by atoms with Crippen molar-refractivity contribution in [1.29, 1.82) is 0 Å². The van der Waals surface area contributed by atoms with Gasteiger partial charge in [0.2, 0.25) is 0 Å². The molecule has 4 aromatic rings. The maximum atomic E-state index is 13.9. The number of pyridine rings is 1. The summed E-state index contributed by atoms with van der Waals surface area (Å²) in [6, 6.07) is 21.8. The second-order valence-electron chi connectivity index (χ2n) is 9.33. The topological polar surface area (TPSA) is 51.2 Å². The Balaban J connectivity index is 1.69. The second-order valence-corrected chi connectivity index (χ2v) is 9.33. The van der Waals surface area contributed by atoms with Crippen LogP contribution in [0.5, 0.6) is 5.75 Å². The number of amides is 1. The number of fused-ring (bicyclic) bond motifs is 1. The number of rotatable bonds is 6. The van der Waals surface area contributed by atoms with Crippen LogP contribution >= 0.6 is 0 Å². The van der Waals surface area contributed by atoms with Gasteiger partial charge in [-0.1, -0.05) is 60.7 Å². The highest BCUT2D eigenvalue weighted by molar-refractivity contribution is 6.10. The van der Waals surface area contributed by atoms with Crippen LogP contribution in [0.3, 0.4) is 0 Å². The second kappa shape index (κ2) is 8.97. The molecule has 1 aliphatic rings. The highest BCUT2D eigenvalue weighted by Gasteiger charge is 2.46. The van der Waals surface area contributed by atoms with Gasteiger partial charge in [-0.3, -0.25) is 4.79 Å². The number of nitrogens with one attached hydrogen (secondary N) is 1. The van der Waals surface area contributed by atoms with Gasteiger partial charge in [0, 0.05) is 10.9 Å². The molecule has 1 aromatic heterocycles. The summed E-state index contributed by atoms with van der Waals surface area (Å²) in [6.07, 6.45) is -3.26. The lowest BCUT2D eigenvalue weighted by Gasteiger charge is -2.23. The Morgan fingerprint density at radius 3 is 2.33 bits per heavy atom. The Kier molecular flexibility index (Phi) is 5.94. The smallest absolute Gasteiger partial charge is 0.416 e. The molecule has 0 aliphatic heterocycles. The molecule has 1 N–H and O–H groups in total. The molecular formula is C29H25F3N2O2. The molecule has 0 saturated heterocycles. The van der Waals surface area contributed by atoms with Crippen molar-refractivity contribution >= 4 is 16.8 Å². The van der Waals surface area contributed by atoms with Crippen LogP contribution in [0.15, 0.2) is 78.9 Å². The molecular weight excluding hydrogens is 465 g/mol. The van der Waals surface area contributed by atoms with Crippen molar-refractivity contribution < 1.29 is 22.7 Å². The average Bonchev–Trinajstić information content (AvgIpc) is 3.64. The van der Waals surface area contributed by atoms with Gasteiger partial charge in [0.1, 0.15) is 5.69 Å². The van der Waals surface area contributed by atoms with Gasteiger partial charge in [0.25, 0.3) is 5.91 Å². The highest BCUT2D eigenvalue weighted by Crippen LogP contribution is 2.46. The van der Waals surface area contributed by atoms with Crippen molar-refractivity contribution in [2.45, 2.75) is 44.5 Å². The minimum absolute atomic E-state index is 0.171. The molecule has 0 bridgehead atoms. The van der Waals surface area contributed by atoms with Crippen LogP contribution in [0.1, 0.15) is 48.2 Å². The van der Waals surface area contributed by atoms with Crippen LogP contribution in [0, 0.1) is 0 Å². The third-order valence-corrected chi connectivity index (χ3v) is 6.32. The molecule has 1 amide bonds. The molecule has 36 heavy (non-hydrogen) atoms. The van der Waals surface area contributed by atoms with Crippen LogP contribution in [0.25, 0.3) is 22.2 Å². The van der Waals surface area contributed by atoms with Gasteiger partial charge < -0.3 is 10.1 Å². The summed E-state index contributed by atoms with van der Waals surface area (Å²) in [5, 5.41) is 3.77. The molecule has 7 heteroatoms. The molecule has 4 nitrogen and oxygen atoms in total. The zero-order chi connectivity index (χ0) is 25.5. The molecule has 1 fully saturated rings. The third-order valence-electron chi connectivity index (χ3n) is 6.32. The van der Waals surface area contributed by atoms with E-state index in [2.05, 4.69) is 10.3 Å². The lowest BCUT2D eigenvalue weighted by atomic mass is 9.99. The van der Waals surface area contributed by atoms with Crippen LogP contribution in [0.2, 0.25) is 0 Å². The molecule has 1 heterocycles. The summed E-state index contributed by atoms with van der Waals surface area (Å²) in [4.78, 5) is 18.6. The summed E-state index contributed by atoms with van der Waals surface area (Å²) >= 11 is 0. The zero-order valence-corrected chi connectivity index (χ0v) is 19.9. The van der Waals surface area contributed by atoms with Crippen LogP contribution in [0.4, 0.5) is 13.2 Å². The predicted octanol–water partition coefficient (Wildman–Crippen LogP) is 7.13. The first-order valence-electron chi connectivity index (χ1n) is 11.8. The maximum Gasteiger partial charge on any atom is 0.416 e. The number of hydrogen-bond acceptors (Lipinski definition) is 3. The number of nitrogens with zero attached hydrogens (tertiary/aromatic N) is 1. The number of alkyl halides is 3. The molecule has 0 unspecified atom stereocenters. The van der Waals surface area contributed by atoms with Crippen molar-refractivity contribution in [3.05, 3.63) is 95.6 Å². The molecule has 1 aliphatic carbocycles. The van der Waals surface area contributed by atoms with Gasteiger partial charge in [-0.2, -0.15) is 13.2 Å². The standard InChI is InChI=1S/C29H25F3N2O2/c1-18(2)36-26-24(27(35)34-28(15-16-28)20-10-4-3-5-11-20)22-13-6-7-14-23(22)33-25(26)19-9-8-12-21(17-19)29(30,31)32/h3-14,17-18H,15-16H2,1-2H3,(H,34,35). The van der Waals surface area contributed by atoms with Crippen LogP contribution in [-0.4, -0.2) is 17.0 Å². The minimum atomic E-state index is -4.51. The number of carbonyl (C=O) groups excluding carboxylic acids is 1. The summed E-state index contributed by atoms with van der Waals surface area (Å²) in [7, 11) is 0. The molecule has 0 spiro atoms. The van der Waals surface area contributed by atoms with Crippen molar-refractivity contribution in [2.75, 3.05) is 0 Å². The lowest BCUT2D eigenvalue weighted by Crippen LogP contribution is -2.35. The van der Waals surface area contributed by atoms with E-state index in [0.717, 1.165) is 30.5 Å². The molecule has 0 atom stereocenters.